The van der Waals surface area contributed by atoms with Gasteiger partial charge in [0.15, 0.2) is 5.82 Å². The number of fused-ring (bicyclic) bond motifs is 3. The highest BCUT2D eigenvalue weighted by molar-refractivity contribution is 5.96. The molecule has 1 atom stereocenters. The molecule has 0 bridgehead atoms. The van der Waals surface area contributed by atoms with E-state index in [-0.39, 0.29) is 24.0 Å². The molecule has 4 rings (SSSR count). The Morgan fingerprint density at radius 2 is 1.65 bits per heavy atom. The second kappa shape index (κ2) is 9.01. The lowest BCUT2D eigenvalue weighted by molar-refractivity contribution is -0.142. The number of nitrogens with one attached hydrogen (secondary N) is 3. The first-order chi connectivity index (χ1) is 16.1. The number of nitrogens with zero attached hydrogens (tertiary/aromatic N) is 1. The van der Waals surface area contributed by atoms with Crippen LogP contribution in [0.5, 0.6) is 0 Å². The van der Waals surface area contributed by atoms with Gasteiger partial charge in [0.1, 0.15) is 18.3 Å². The van der Waals surface area contributed by atoms with Crippen molar-refractivity contribution in [2.75, 3.05) is 11.9 Å². The van der Waals surface area contributed by atoms with Crippen LogP contribution in [0.3, 0.4) is 0 Å². The number of hydrogen-bond acceptors (Lipinski definition) is 5. The molecule has 1 heterocycles. The van der Waals surface area contributed by atoms with Crippen molar-refractivity contribution in [2.24, 2.45) is 5.41 Å². The fourth-order valence-electron chi connectivity index (χ4n) is 4.10. The van der Waals surface area contributed by atoms with E-state index in [1.807, 2.05) is 36.4 Å². The number of H-pyrrole nitrogens is 1. The maximum Gasteiger partial charge on any atom is 0.412 e. The molecule has 0 spiro atoms. The average molecular weight is 463 g/mol. The van der Waals surface area contributed by atoms with Crippen molar-refractivity contribution >= 4 is 23.8 Å². The number of benzene rings is 2. The second-order valence-electron chi connectivity index (χ2n) is 9.23. The number of aromatic amines is 1. The highest BCUT2D eigenvalue weighted by Crippen LogP contribution is 2.44. The van der Waals surface area contributed by atoms with Crippen molar-refractivity contribution in [1.29, 1.82) is 0 Å². The summed E-state index contributed by atoms with van der Waals surface area (Å²) in [5, 5.41) is 20.8. The standard InChI is InChI=1S/C25H26N4O5/c1-25(2,3)21(23(31)32)27-22(30)19-12-20(29-28-19)26-24(33)34-13-18-16-10-6-4-8-14(16)15-9-5-7-11-17(15)18/h4-12,18,21H,13H2,1-3H3,(H,27,30)(H,31,32)(H2,26,28,29,33)/t21-/m1/s1. The number of rotatable bonds is 6. The number of hydrogen-bond donors (Lipinski definition) is 4. The summed E-state index contributed by atoms with van der Waals surface area (Å²) in [6.07, 6.45) is -0.710. The molecule has 4 N–H and O–H groups in total. The maximum absolute atomic E-state index is 12.4. The van der Waals surface area contributed by atoms with E-state index in [9.17, 15) is 19.5 Å². The molecule has 0 saturated carbocycles. The van der Waals surface area contributed by atoms with Gasteiger partial charge in [-0.05, 0) is 27.7 Å². The zero-order valence-electron chi connectivity index (χ0n) is 19.1. The van der Waals surface area contributed by atoms with Crippen LogP contribution in [0.4, 0.5) is 10.6 Å². The van der Waals surface area contributed by atoms with E-state index >= 15 is 0 Å². The Hall–Kier alpha value is -4.14. The molecule has 176 valence electrons. The summed E-state index contributed by atoms with van der Waals surface area (Å²) < 4.78 is 5.47. The molecule has 9 heteroatoms. The molecule has 1 aliphatic carbocycles. The highest BCUT2D eigenvalue weighted by Gasteiger charge is 2.33. The summed E-state index contributed by atoms with van der Waals surface area (Å²) in [5.41, 5.74) is 3.78. The van der Waals surface area contributed by atoms with Gasteiger partial charge < -0.3 is 15.2 Å². The van der Waals surface area contributed by atoms with Gasteiger partial charge in [-0.2, -0.15) is 5.10 Å². The van der Waals surface area contributed by atoms with Crippen LogP contribution in [0, 0.1) is 5.41 Å². The molecule has 0 saturated heterocycles. The number of carbonyl (C=O) groups excluding carboxylic acids is 2. The van der Waals surface area contributed by atoms with E-state index in [0.717, 1.165) is 22.3 Å². The van der Waals surface area contributed by atoms with Crippen LogP contribution < -0.4 is 10.6 Å². The lowest BCUT2D eigenvalue weighted by atomic mass is 9.86. The largest absolute Gasteiger partial charge is 0.480 e. The first-order valence-electron chi connectivity index (χ1n) is 10.9. The molecule has 3 aromatic rings. The van der Waals surface area contributed by atoms with Crippen molar-refractivity contribution in [1.82, 2.24) is 15.5 Å². The van der Waals surface area contributed by atoms with E-state index < -0.39 is 29.4 Å². The molecule has 2 aromatic carbocycles. The molecular formula is C25H26N4O5. The maximum atomic E-state index is 12.4. The molecule has 1 aliphatic rings. The lowest BCUT2D eigenvalue weighted by Crippen LogP contribution is -2.49. The number of carboxylic acid groups (broad SMARTS) is 1. The van der Waals surface area contributed by atoms with Crippen molar-refractivity contribution in [2.45, 2.75) is 32.7 Å². The minimum absolute atomic E-state index is 0.0180. The van der Waals surface area contributed by atoms with Crippen molar-refractivity contribution in [3.8, 4) is 11.1 Å². The van der Waals surface area contributed by atoms with Gasteiger partial charge in [-0.15, -0.1) is 0 Å². The van der Waals surface area contributed by atoms with Crippen LogP contribution in [-0.4, -0.2) is 45.9 Å². The first-order valence-corrected chi connectivity index (χ1v) is 10.9. The van der Waals surface area contributed by atoms with Crippen LogP contribution in [0.2, 0.25) is 0 Å². The summed E-state index contributed by atoms with van der Waals surface area (Å²) in [6, 6.07) is 16.3. The monoisotopic (exact) mass is 462 g/mol. The predicted molar refractivity (Wildman–Crippen MR) is 126 cm³/mol. The van der Waals surface area contributed by atoms with Crippen molar-refractivity contribution in [3.63, 3.8) is 0 Å². The molecule has 34 heavy (non-hydrogen) atoms. The normalized spacial score (nSPS) is 13.5. The van der Waals surface area contributed by atoms with Crippen LogP contribution in [0.15, 0.2) is 54.6 Å². The molecule has 0 fully saturated rings. The number of aromatic nitrogens is 2. The third kappa shape index (κ3) is 4.63. The molecule has 2 amide bonds. The van der Waals surface area contributed by atoms with Crippen molar-refractivity contribution in [3.05, 3.63) is 71.4 Å². The highest BCUT2D eigenvalue weighted by atomic mass is 16.5. The van der Waals surface area contributed by atoms with Gasteiger partial charge in [-0.1, -0.05) is 69.3 Å². The summed E-state index contributed by atoms with van der Waals surface area (Å²) in [6.45, 7) is 5.28. The fourth-order valence-corrected chi connectivity index (χ4v) is 4.10. The molecule has 1 aromatic heterocycles. The van der Waals surface area contributed by atoms with Gasteiger partial charge in [0.25, 0.3) is 5.91 Å². The molecular weight excluding hydrogens is 436 g/mol. The minimum atomic E-state index is -1.14. The smallest absolute Gasteiger partial charge is 0.412 e. The lowest BCUT2D eigenvalue weighted by Gasteiger charge is -2.27. The summed E-state index contributed by atoms with van der Waals surface area (Å²) >= 11 is 0. The Bertz CT molecular complexity index is 1200. The molecule has 0 unspecified atom stereocenters. The van der Waals surface area contributed by atoms with Gasteiger partial charge >= 0.3 is 12.1 Å². The number of aliphatic carboxylic acids is 1. The van der Waals surface area contributed by atoms with Crippen molar-refractivity contribution < 1.29 is 24.2 Å². The van der Waals surface area contributed by atoms with Gasteiger partial charge in [-0.25, -0.2) is 9.59 Å². The first kappa shape index (κ1) is 23.0. The second-order valence-corrected chi connectivity index (χ2v) is 9.23. The summed E-state index contributed by atoms with van der Waals surface area (Å²) in [7, 11) is 0. The minimum Gasteiger partial charge on any atom is -0.480 e. The number of carboxylic acids is 1. The number of anilines is 1. The van der Waals surface area contributed by atoms with E-state index in [1.54, 1.807) is 20.8 Å². The number of carbonyl (C=O) groups is 3. The molecule has 9 nitrogen and oxygen atoms in total. The fraction of sp³-hybridized carbons (Fsp3) is 0.280. The van der Waals surface area contributed by atoms with E-state index in [4.69, 9.17) is 4.74 Å². The van der Waals surface area contributed by atoms with Gasteiger partial charge in [0.2, 0.25) is 0 Å². The average Bonchev–Trinajstić information content (AvgIpc) is 3.37. The quantitative estimate of drug-likeness (QED) is 0.438. The Kier molecular flexibility index (Phi) is 6.10. The summed E-state index contributed by atoms with van der Waals surface area (Å²) in [5.74, 6) is -1.78. The van der Waals surface area contributed by atoms with E-state index in [2.05, 4.69) is 33.0 Å². The number of amides is 2. The Balaban J connectivity index is 1.38. The Labute approximate surface area is 196 Å². The zero-order chi connectivity index (χ0) is 24.5. The van der Waals surface area contributed by atoms with Gasteiger partial charge in [0, 0.05) is 12.0 Å². The van der Waals surface area contributed by atoms with E-state index in [0.29, 0.717) is 0 Å². The Morgan fingerprint density at radius 1 is 1.06 bits per heavy atom. The van der Waals surface area contributed by atoms with Crippen LogP contribution >= 0.6 is 0 Å². The zero-order valence-corrected chi connectivity index (χ0v) is 19.1. The molecule has 0 aliphatic heterocycles. The van der Waals surface area contributed by atoms with E-state index in [1.165, 1.54) is 6.07 Å². The van der Waals surface area contributed by atoms with Crippen LogP contribution in [0.1, 0.15) is 48.3 Å². The van der Waals surface area contributed by atoms with Crippen LogP contribution in [-0.2, 0) is 9.53 Å². The Morgan fingerprint density at radius 3 is 2.21 bits per heavy atom. The SMILES string of the molecule is CC(C)(C)[C@H](NC(=O)c1cc(NC(=O)OCC2c3ccccc3-c3ccccc32)n[nH]1)C(=O)O. The summed E-state index contributed by atoms with van der Waals surface area (Å²) in [4.78, 5) is 36.3. The topological polar surface area (TPSA) is 133 Å². The van der Waals surface area contributed by atoms with Gasteiger partial charge in [0.05, 0.1) is 0 Å². The molecule has 0 radical (unpaired) electrons. The third-order valence-electron chi connectivity index (χ3n) is 5.78. The third-order valence-corrected chi connectivity index (χ3v) is 5.78. The van der Waals surface area contributed by atoms with Crippen LogP contribution in [0.25, 0.3) is 11.1 Å². The predicted octanol–water partition coefficient (Wildman–Crippen LogP) is 4.00. The van der Waals surface area contributed by atoms with Gasteiger partial charge in [-0.3, -0.25) is 15.2 Å². The number of ether oxygens (including phenoxy) is 1.